The van der Waals surface area contributed by atoms with Gasteiger partial charge in [-0.05, 0) is 6.92 Å². The molecule has 0 saturated heterocycles. The van der Waals surface area contributed by atoms with Gasteiger partial charge in [-0.2, -0.15) is 5.48 Å². The van der Waals surface area contributed by atoms with Crippen LogP contribution in [0.4, 0.5) is 5.69 Å². The number of hydrogen-bond donors (Lipinski definition) is 2. The smallest absolute Gasteiger partial charge is 0.198 e. The Kier molecular flexibility index (Phi) is 1.72. The van der Waals surface area contributed by atoms with Gasteiger partial charge in [-0.3, -0.25) is 0 Å². The second-order valence-electron chi connectivity index (χ2n) is 1.69. The van der Waals surface area contributed by atoms with Gasteiger partial charge in [0.1, 0.15) is 5.82 Å². The molecule has 0 aliphatic carbocycles. The minimum absolute atomic E-state index is 0.626. The topological polar surface area (TPSA) is 62.6 Å². The van der Waals surface area contributed by atoms with E-state index in [9.17, 15) is 0 Å². The van der Waals surface area contributed by atoms with Crippen LogP contribution < -0.4 is 5.48 Å². The maximum Gasteiger partial charge on any atom is 0.198 e. The van der Waals surface area contributed by atoms with E-state index in [0.717, 1.165) is 5.48 Å². The largest absolute Gasteiger partial charge is 0.235 e. The van der Waals surface area contributed by atoms with E-state index in [1.807, 2.05) is 0 Å². The molecule has 1 rings (SSSR count). The molecule has 0 radical (unpaired) electrons. The van der Waals surface area contributed by atoms with Gasteiger partial charge >= 0.3 is 0 Å². The van der Waals surface area contributed by atoms with Crippen molar-refractivity contribution in [3.05, 3.63) is 18.2 Å². The Hall–Kier alpha value is -1.00. The number of rotatable bonds is 1. The standard InChI is InChI=1S/C5H7N3O/c1-4-6-2-5(8-9)3-7-4/h2-3,8-9H,1H3/p+1. The molecule has 48 valence electrons. The Bertz CT molecular complexity index is 184. The number of quaternary nitrogens is 1. The molecule has 4 heteroatoms. The third-order valence-electron chi connectivity index (χ3n) is 0.950. The number of hydrogen-bond acceptors (Lipinski definition) is 3. The summed E-state index contributed by atoms with van der Waals surface area (Å²) < 4.78 is 0. The lowest BCUT2D eigenvalue weighted by Gasteiger charge is -1.89. The lowest BCUT2D eigenvalue weighted by Crippen LogP contribution is -2.73. The highest BCUT2D eigenvalue weighted by atomic mass is 16.5. The van der Waals surface area contributed by atoms with Gasteiger partial charge in [0.15, 0.2) is 5.69 Å². The van der Waals surface area contributed by atoms with Gasteiger partial charge in [0.25, 0.3) is 0 Å². The van der Waals surface area contributed by atoms with Crippen LogP contribution in [-0.2, 0) is 0 Å². The Morgan fingerprint density at radius 1 is 1.44 bits per heavy atom. The van der Waals surface area contributed by atoms with Crippen molar-refractivity contribution in [2.45, 2.75) is 6.92 Å². The third-order valence-corrected chi connectivity index (χ3v) is 0.950. The van der Waals surface area contributed by atoms with Crippen molar-refractivity contribution in [3.8, 4) is 0 Å². The summed E-state index contributed by atoms with van der Waals surface area (Å²) >= 11 is 0. The fourth-order valence-electron chi connectivity index (χ4n) is 0.469. The van der Waals surface area contributed by atoms with Crippen molar-refractivity contribution in [2.24, 2.45) is 0 Å². The molecule has 0 aromatic carbocycles. The van der Waals surface area contributed by atoms with Gasteiger partial charge in [0, 0.05) is 0 Å². The average molecular weight is 126 g/mol. The van der Waals surface area contributed by atoms with Crippen molar-refractivity contribution in [1.29, 1.82) is 0 Å². The number of nitrogens with two attached hydrogens (primary N) is 1. The molecule has 0 spiro atoms. The zero-order valence-electron chi connectivity index (χ0n) is 5.07. The van der Waals surface area contributed by atoms with Gasteiger partial charge in [-0.25, -0.2) is 15.2 Å². The van der Waals surface area contributed by atoms with E-state index in [-0.39, 0.29) is 0 Å². The maximum atomic E-state index is 8.42. The Labute approximate surface area is 52.5 Å². The summed E-state index contributed by atoms with van der Waals surface area (Å²) in [7, 11) is 0. The molecule has 1 aromatic rings. The first-order valence-corrected chi connectivity index (χ1v) is 2.59. The van der Waals surface area contributed by atoms with E-state index in [2.05, 4.69) is 9.97 Å². The number of aryl methyl sites for hydroxylation is 1. The fourth-order valence-corrected chi connectivity index (χ4v) is 0.469. The first-order chi connectivity index (χ1) is 4.33. The average Bonchev–Trinajstić information content (AvgIpc) is 1.90. The predicted octanol–water partition coefficient (Wildman–Crippen LogP) is -0.631. The molecule has 0 aliphatic heterocycles. The van der Waals surface area contributed by atoms with Crippen LogP contribution in [-0.4, -0.2) is 15.2 Å². The van der Waals surface area contributed by atoms with Crippen LogP contribution in [0, 0.1) is 6.92 Å². The minimum atomic E-state index is 0.626. The van der Waals surface area contributed by atoms with Crippen molar-refractivity contribution in [3.63, 3.8) is 0 Å². The molecule has 0 atom stereocenters. The van der Waals surface area contributed by atoms with Crippen molar-refractivity contribution in [1.82, 2.24) is 9.97 Å². The summed E-state index contributed by atoms with van der Waals surface area (Å²) in [5.74, 6) is 0.709. The SMILES string of the molecule is Cc1ncc([NH2+]O)cn1. The molecule has 0 saturated carbocycles. The molecule has 0 aliphatic rings. The summed E-state index contributed by atoms with van der Waals surface area (Å²) in [5.41, 5.74) is 1.60. The first kappa shape index (κ1) is 6.12. The number of aromatic nitrogens is 2. The van der Waals surface area contributed by atoms with Crippen LogP contribution in [0.1, 0.15) is 5.82 Å². The van der Waals surface area contributed by atoms with Crippen molar-refractivity contribution >= 4 is 5.69 Å². The molecule has 0 fully saturated rings. The van der Waals surface area contributed by atoms with E-state index < -0.39 is 0 Å². The molecule has 1 heterocycles. The Balaban J connectivity index is 2.88. The summed E-state index contributed by atoms with van der Waals surface area (Å²) in [5, 5.41) is 8.42. The van der Waals surface area contributed by atoms with Gasteiger partial charge < -0.3 is 0 Å². The second kappa shape index (κ2) is 2.52. The lowest BCUT2D eigenvalue weighted by molar-refractivity contribution is -0.826. The van der Waals surface area contributed by atoms with Crippen molar-refractivity contribution < 1.29 is 10.7 Å². The Morgan fingerprint density at radius 3 is 2.44 bits per heavy atom. The molecule has 0 unspecified atom stereocenters. The van der Waals surface area contributed by atoms with E-state index in [4.69, 9.17) is 5.21 Å². The van der Waals surface area contributed by atoms with Crippen LogP contribution in [0.25, 0.3) is 0 Å². The normalized spacial score (nSPS) is 9.56. The summed E-state index contributed by atoms with van der Waals surface area (Å²) in [4.78, 5) is 7.70. The zero-order valence-corrected chi connectivity index (χ0v) is 5.07. The van der Waals surface area contributed by atoms with Crippen LogP contribution in [0.5, 0.6) is 0 Å². The highest BCUT2D eigenvalue weighted by Crippen LogP contribution is 1.91. The Morgan fingerprint density at radius 2 is 2.00 bits per heavy atom. The molecule has 4 nitrogen and oxygen atoms in total. The highest BCUT2D eigenvalue weighted by molar-refractivity contribution is 5.17. The van der Waals surface area contributed by atoms with Crippen LogP contribution in [0.2, 0.25) is 0 Å². The third kappa shape index (κ3) is 1.45. The number of nitrogens with zero attached hydrogens (tertiary/aromatic N) is 2. The van der Waals surface area contributed by atoms with Gasteiger partial charge in [0.2, 0.25) is 0 Å². The highest BCUT2D eigenvalue weighted by Gasteiger charge is 1.92. The van der Waals surface area contributed by atoms with E-state index in [1.54, 1.807) is 19.3 Å². The van der Waals surface area contributed by atoms with Crippen LogP contribution >= 0.6 is 0 Å². The van der Waals surface area contributed by atoms with E-state index >= 15 is 0 Å². The predicted molar refractivity (Wildman–Crippen MR) is 30.1 cm³/mol. The summed E-state index contributed by atoms with van der Waals surface area (Å²) in [6, 6.07) is 0. The quantitative estimate of drug-likeness (QED) is 0.492. The lowest BCUT2D eigenvalue weighted by atomic mass is 10.5. The molecule has 0 bridgehead atoms. The fraction of sp³-hybridized carbons (Fsp3) is 0.200. The molecule has 0 amide bonds. The van der Waals surface area contributed by atoms with Crippen LogP contribution in [0.15, 0.2) is 12.4 Å². The van der Waals surface area contributed by atoms with E-state index in [0.29, 0.717) is 11.5 Å². The summed E-state index contributed by atoms with van der Waals surface area (Å²) in [6.07, 6.45) is 3.12. The first-order valence-electron chi connectivity index (χ1n) is 2.59. The molecule has 9 heavy (non-hydrogen) atoms. The van der Waals surface area contributed by atoms with Gasteiger partial charge in [-0.15, -0.1) is 0 Å². The molecular formula is C5H8N3O+. The van der Waals surface area contributed by atoms with Gasteiger partial charge in [0.05, 0.1) is 12.4 Å². The van der Waals surface area contributed by atoms with Gasteiger partial charge in [-0.1, -0.05) is 0 Å². The molecule has 1 aromatic heterocycles. The monoisotopic (exact) mass is 126 g/mol. The minimum Gasteiger partial charge on any atom is -0.235 e. The maximum absolute atomic E-state index is 8.42. The molecular weight excluding hydrogens is 118 g/mol. The molecule has 3 N–H and O–H groups in total. The second-order valence-corrected chi connectivity index (χ2v) is 1.69. The van der Waals surface area contributed by atoms with Crippen molar-refractivity contribution in [2.75, 3.05) is 0 Å². The zero-order chi connectivity index (χ0) is 6.69. The van der Waals surface area contributed by atoms with E-state index in [1.165, 1.54) is 0 Å². The summed E-state index contributed by atoms with van der Waals surface area (Å²) in [6.45, 7) is 1.79. The van der Waals surface area contributed by atoms with Crippen LogP contribution in [0.3, 0.4) is 0 Å².